The fraction of sp³-hybridized carbons (Fsp3) is 0.588. The lowest BCUT2D eigenvalue weighted by atomic mass is 9.97. The van der Waals surface area contributed by atoms with Crippen molar-refractivity contribution < 1.29 is 37.8 Å². The standard InChI is InChI=1S/C17H26N2O8S2/c1-9(2)18-17(28)19-10-3-5-11(6-4-10)26-16-15(22)14(21)13(20)12(27-16)7-8-29(23,24)25/h3-6,9,12-16,20-22H,7-8H2,1-2H3,(H2,18,19,28)(H,23,24,25)/t12-,13-,14+,15+,16+/m1/s1. The molecule has 1 aromatic rings. The van der Waals surface area contributed by atoms with E-state index in [9.17, 15) is 23.7 Å². The van der Waals surface area contributed by atoms with Crippen LogP contribution in [0, 0.1) is 0 Å². The van der Waals surface area contributed by atoms with Crippen LogP contribution in [0.2, 0.25) is 0 Å². The SMILES string of the molecule is CC(C)NC(=S)Nc1ccc(O[C@H]2O[C@H](CCS(=O)(=O)O)[C@@H](O)[C@H](O)[C@@H]2O)cc1. The lowest BCUT2D eigenvalue weighted by Gasteiger charge is -2.40. The van der Waals surface area contributed by atoms with E-state index in [1.165, 1.54) is 0 Å². The van der Waals surface area contributed by atoms with Crippen LogP contribution < -0.4 is 15.4 Å². The number of rotatable bonds is 7. The molecule has 5 atom stereocenters. The highest BCUT2D eigenvalue weighted by atomic mass is 32.2. The number of anilines is 1. The molecule has 0 saturated carbocycles. The molecule has 0 spiro atoms. The van der Waals surface area contributed by atoms with Gasteiger partial charge in [0.1, 0.15) is 24.1 Å². The smallest absolute Gasteiger partial charge is 0.264 e. The molecule has 29 heavy (non-hydrogen) atoms. The van der Waals surface area contributed by atoms with Crippen LogP contribution in [0.1, 0.15) is 20.3 Å². The van der Waals surface area contributed by atoms with Crippen molar-refractivity contribution in [3.8, 4) is 5.75 Å². The van der Waals surface area contributed by atoms with E-state index in [4.69, 9.17) is 26.2 Å². The van der Waals surface area contributed by atoms with Gasteiger partial charge in [0.05, 0.1) is 11.9 Å². The van der Waals surface area contributed by atoms with Crippen molar-refractivity contribution >= 4 is 33.1 Å². The predicted octanol–water partition coefficient (Wildman–Crippen LogP) is -0.154. The number of nitrogens with one attached hydrogen (secondary N) is 2. The Balaban J connectivity index is 2.00. The third kappa shape index (κ3) is 7.33. The first kappa shape index (κ1) is 23.7. The number of aliphatic hydroxyl groups is 3. The third-order valence-electron chi connectivity index (χ3n) is 4.11. The number of benzene rings is 1. The zero-order valence-electron chi connectivity index (χ0n) is 15.9. The second kappa shape index (κ2) is 9.98. The molecule has 1 aromatic carbocycles. The summed E-state index contributed by atoms with van der Waals surface area (Å²) < 4.78 is 41.7. The molecule has 0 unspecified atom stereocenters. The second-order valence-corrected chi connectivity index (χ2v) is 8.97. The van der Waals surface area contributed by atoms with E-state index in [-0.39, 0.29) is 12.5 Å². The number of hydrogen-bond donors (Lipinski definition) is 6. The first-order valence-electron chi connectivity index (χ1n) is 8.95. The van der Waals surface area contributed by atoms with E-state index in [1.807, 2.05) is 13.8 Å². The molecule has 0 aliphatic carbocycles. The van der Waals surface area contributed by atoms with Gasteiger partial charge in [0.15, 0.2) is 5.11 Å². The third-order valence-corrected chi connectivity index (χ3v) is 5.08. The van der Waals surface area contributed by atoms with Gasteiger partial charge in [-0.2, -0.15) is 8.42 Å². The Labute approximate surface area is 174 Å². The molecule has 0 aromatic heterocycles. The van der Waals surface area contributed by atoms with Crippen LogP contribution in [0.25, 0.3) is 0 Å². The highest BCUT2D eigenvalue weighted by Crippen LogP contribution is 2.26. The Hall–Kier alpha value is -1.54. The molecule has 2 rings (SSSR count). The highest BCUT2D eigenvalue weighted by molar-refractivity contribution is 7.85. The lowest BCUT2D eigenvalue weighted by Crippen LogP contribution is -2.59. The molecule has 10 nitrogen and oxygen atoms in total. The number of aliphatic hydroxyl groups excluding tert-OH is 3. The number of thiocarbonyl (C=S) groups is 1. The second-order valence-electron chi connectivity index (χ2n) is 6.98. The summed E-state index contributed by atoms with van der Waals surface area (Å²) in [5, 5.41) is 36.6. The van der Waals surface area contributed by atoms with Gasteiger partial charge in [-0.15, -0.1) is 0 Å². The van der Waals surface area contributed by atoms with E-state index in [0.717, 1.165) is 0 Å². The fourth-order valence-electron chi connectivity index (χ4n) is 2.70. The minimum Gasteiger partial charge on any atom is -0.462 e. The van der Waals surface area contributed by atoms with Gasteiger partial charge in [-0.3, -0.25) is 4.55 Å². The van der Waals surface area contributed by atoms with Gasteiger partial charge in [0, 0.05) is 11.7 Å². The summed E-state index contributed by atoms with van der Waals surface area (Å²) >= 11 is 5.16. The fourth-order valence-corrected chi connectivity index (χ4v) is 3.58. The van der Waals surface area contributed by atoms with E-state index >= 15 is 0 Å². The summed E-state index contributed by atoms with van der Waals surface area (Å²) in [7, 11) is -4.28. The summed E-state index contributed by atoms with van der Waals surface area (Å²) in [4.78, 5) is 0. The van der Waals surface area contributed by atoms with Crippen LogP contribution >= 0.6 is 12.2 Å². The Kier molecular flexibility index (Phi) is 8.17. The molecular weight excluding hydrogens is 424 g/mol. The van der Waals surface area contributed by atoms with Crippen molar-refractivity contribution in [2.45, 2.75) is 57.0 Å². The number of ether oxygens (including phenoxy) is 2. The average molecular weight is 451 g/mol. The van der Waals surface area contributed by atoms with Crippen molar-refractivity contribution in [3.63, 3.8) is 0 Å². The normalized spacial score (nSPS) is 27.5. The van der Waals surface area contributed by atoms with Gasteiger partial charge in [0.25, 0.3) is 10.1 Å². The van der Waals surface area contributed by atoms with Crippen LogP contribution in [0.15, 0.2) is 24.3 Å². The molecule has 1 aliphatic rings. The first-order valence-corrected chi connectivity index (χ1v) is 11.0. The monoisotopic (exact) mass is 450 g/mol. The quantitative estimate of drug-likeness (QED) is 0.242. The summed E-state index contributed by atoms with van der Waals surface area (Å²) in [6.07, 6.45) is -7.49. The molecule has 12 heteroatoms. The van der Waals surface area contributed by atoms with Crippen molar-refractivity contribution in [2.75, 3.05) is 11.1 Å². The van der Waals surface area contributed by atoms with Crippen LogP contribution in [-0.4, -0.2) is 75.9 Å². The Bertz CT molecular complexity index is 787. The minimum atomic E-state index is -4.28. The molecular formula is C17H26N2O8S2. The van der Waals surface area contributed by atoms with Crippen LogP contribution in [0.5, 0.6) is 5.75 Å². The van der Waals surface area contributed by atoms with Crippen molar-refractivity contribution in [3.05, 3.63) is 24.3 Å². The summed E-state index contributed by atoms with van der Waals surface area (Å²) in [6.45, 7) is 3.91. The summed E-state index contributed by atoms with van der Waals surface area (Å²) in [5.74, 6) is -0.367. The maximum atomic E-state index is 10.9. The molecule has 0 radical (unpaired) electrons. The van der Waals surface area contributed by atoms with Gasteiger partial charge in [-0.1, -0.05) is 0 Å². The average Bonchev–Trinajstić information content (AvgIpc) is 2.61. The zero-order chi connectivity index (χ0) is 21.8. The Morgan fingerprint density at radius 1 is 1.17 bits per heavy atom. The molecule has 1 aliphatic heterocycles. The van der Waals surface area contributed by atoms with E-state index < -0.39 is 46.6 Å². The topological polar surface area (TPSA) is 158 Å². The largest absolute Gasteiger partial charge is 0.462 e. The van der Waals surface area contributed by atoms with Gasteiger partial charge >= 0.3 is 0 Å². The summed E-state index contributed by atoms with van der Waals surface area (Å²) in [5.41, 5.74) is 0.696. The van der Waals surface area contributed by atoms with Gasteiger partial charge in [-0.25, -0.2) is 0 Å². The van der Waals surface area contributed by atoms with E-state index in [2.05, 4.69) is 10.6 Å². The molecule has 0 bridgehead atoms. The van der Waals surface area contributed by atoms with Crippen LogP contribution in [0.4, 0.5) is 5.69 Å². The first-order chi connectivity index (χ1) is 13.5. The Morgan fingerprint density at radius 3 is 2.34 bits per heavy atom. The van der Waals surface area contributed by atoms with Gasteiger partial charge in [-0.05, 0) is 56.8 Å². The maximum absolute atomic E-state index is 10.9. The van der Waals surface area contributed by atoms with Gasteiger partial charge < -0.3 is 35.4 Å². The molecule has 164 valence electrons. The van der Waals surface area contributed by atoms with Crippen LogP contribution in [0.3, 0.4) is 0 Å². The molecule has 6 N–H and O–H groups in total. The molecule has 1 fully saturated rings. The van der Waals surface area contributed by atoms with E-state index in [1.54, 1.807) is 24.3 Å². The zero-order valence-corrected chi connectivity index (χ0v) is 17.6. The molecule has 1 heterocycles. The predicted molar refractivity (Wildman–Crippen MR) is 109 cm³/mol. The number of hydrogen-bond acceptors (Lipinski definition) is 8. The molecule has 0 amide bonds. The Morgan fingerprint density at radius 2 is 1.79 bits per heavy atom. The van der Waals surface area contributed by atoms with Crippen molar-refractivity contribution in [2.24, 2.45) is 0 Å². The van der Waals surface area contributed by atoms with Gasteiger partial charge in [0.2, 0.25) is 6.29 Å². The highest BCUT2D eigenvalue weighted by Gasteiger charge is 2.45. The van der Waals surface area contributed by atoms with E-state index in [0.29, 0.717) is 16.5 Å². The lowest BCUT2D eigenvalue weighted by molar-refractivity contribution is -0.272. The summed E-state index contributed by atoms with van der Waals surface area (Å²) in [6, 6.07) is 6.71. The van der Waals surface area contributed by atoms with Crippen molar-refractivity contribution in [1.82, 2.24) is 5.32 Å². The maximum Gasteiger partial charge on any atom is 0.264 e. The van der Waals surface area contributed by atoms with Crippen molar-refractivity contribution in [1.29, 1.82) is 0 Å². The minimum absolute atomic E-state index is 0.179. The molecule has 1 saturated heterocycles. The van der Waals surface area contributed by atoms with Crippen LogP contribution in [-0.2, 0) is 14.9 Å².